The molecule has 0 aromatic heterocycles. The van der Waals surface area contributed by atoms with Crippen LogP contribution in [0.4, 0.5) is 0 Å². The molecule has 4 N–H and O–H groups in total. The van der Waals surface area contributed by atoms with Gasteiger partial charge in [-0.15, -0.1) is 0 Å². The van der Waals surface area contributed by atoms with Gasteiger partial charge in [0.25, 0.3) is 11.8 Å². The quantitative estimate of drug-likeness (QED) is 0.413. The molecule has 0 saturated carbocycles. The number of fused-ring (bicyclic) bond motifs is 1. The Morgan fingerprint density at radius 1 is 1.12 bits per heavy atom. The van der Waals surface area contributed by atoms with Crippen molar-refractivity contribution in [3.63, 3.8) is 0 Å². The lowest BCUT2D eigenvalue weighted by atomic mass is 9.84. The van der Waals surface area contributed by atoms with E-state index in [2.05, 4.69) is 21.5 Å². The Morgan fingerprint density at radius 3 is 2.71 bits per heavy atom. The average Bonchev–Trinajstić information content (AvgIpc) is 2.68. The van der Waals surface area contributed by atoms with Crippen molar-refractivity contribution in [2.75, 3.05) is 13.1 Å². The smallest absolute Gasteiger partial charge is 0.255 e. The van der Waals surface area contributed by atoms with Gasteiger partial charge in [0, 0.05) is 36.8 Å². The molecule has 2 fully saturated rings. The molecule has 0 radical (unpaired) electrons. The Hall–Kier alpha value is -1.24. The first-order chi connectivity index (χ1) is 8.24. The summed E-state index contributed by atoms with van der Waals surface area (Å²) < 4.78 is 0. The summed E-state index contributed by atoms with van der Waals surface area (Å²) in [6, 6.07) is 0.391. The first-order valence-corrected chi connectivity index (χ1v) is 6.03. The van der Waals surface area contributed by atoms with Crippen molar-refractivity contribution in [1.82, 2.24) is 21.5 Å². The maximum absolute atomic E-state index is 11.6. The zero-order chi connectivity index (χ0) is 11.8. The molecular formula is C11H16N4O2. The van der Waals surface area contributed by atoms with Crippen LogP contribution in [0.2, 0.25) is 0 Å². The molecule has 0 aliphatic carbocycles. The van der Waals surface area contributed by atoms with E-state index in [1.165, 1.54) is 6.08 Å². The Balaban J connectivity index is 1.72. The number of hydrogen-bond acceptors (Lipinski definition) is 5. The summed E-state index contributed by atoms with van der Waals surface area (Å²) in [4.78, 5) is 22.7. The lowest BCUT2D eigenvalue weighted by Gasteiger charge is -2.41. The lowest BCUT2D eigenvalue weighted by molar-refractivity contribution is -0.124. The van der Waals surface area contributed by atoms with Crippen molar-refractivity contribution >= 4 is 11.8 Å². The fraction of sp³-hybridized carbons (Fsp3) is 0.636. The number of rotatable bonds is 1. The van der Waals surface area contributed by atoms with Crippen LogP contribution in [-0.2, 0) is 9.59 Å². The van der Waals surface area contributed by atoms with Gasteiger partial charge in [-0.05, 0) is 18.8 Å². The van der Waals surface area contributed by atoms with E-state index >= 15 is 0 Å². The topological polar surface area (TPSA) is 82.3 Å². The second-order valence-corrected chi connectivity index (χ2v) is 4.84. The normalized spacial score (nSPS) is 37.4. The van der Waals surface area contributed by atoms with Crippen LogP contribution < -0.4 is 21.5 Å². The molecule has 0 bridgehead atoms. The summed E-state index contributed by atoms with van der Waals surface area (Å²) in [5.74, 6) is 0.0680. The fourth-order valence-corrected chi connectivity index (χ4v) is 2.85. The summed E-state index contributed by atoms with van der Waals surface area (Å²) in [5, 5.41) is 5.76. The lowest BCUT2D eigenvalue weighted by Crippen LogP contribution is -2.61. The highest BCUT2D eigenvalue weighted by Crippen LogP contribution is 2.25. The van der Waals surface area contributed by atoms with Crippen LogP contribution in [-0.4, -0.2) is 37.0 Å². The molecule has 0 aromatic carbocycles. The maximum atomic E-state index is 11.6. The molecule has 0 spiro atoms. The number of nitrogens with one attached hydrogen (secondary N) is 4. The molecule has 0 aromatic rings. The summed E-state index contributed by atoms with van der Waals surface area (Å²) in [6.07, 6.45) is 3.42. The number of carbonyl (C=O) groups is 2. The van der Waals surface area contributed by atoms with Crippen LogP contribution in [0.3, 0.4) is 0 Å². The third kappa shape index (κ3) is 1.99. The molecule has 2 amide bonds. The predicted octanol–water partition coefficient (Wildman–Crippen LogP) is -1.59. The number of imide groups is 1. The summed E-state index contributed by atoms with van der Waals surface area (Å²) in [5.41, 5.74) is 6.85. The van der Waals surface area contributed by atoms with Gasteiger partial charge in [0.15, 0.2) is 0 Å². The highest BCUT2D eigenvalue weighted by Gasteiger charge is 2.36. The van der Waals surface area contributed by atoms with Gasteiger partial charge >= 0.3 is 0 Å². The molecule has 3 rings (SSSR count). The van der Waals surface area contributed by atoms with Gasteiger partial charge in [0.1, 0.15) is 0 Å². The minimum absolute atomic E-state index is 0.0163. The van der Waals surface area contributed by atoms with Gasteiger partial charge < -0.3 is 5.32 Å². The third-order valence-corrected chi connectivity index (χ3v) is 3.78. The third-order valence-electron chi connectivity index (χ3n) is 3.78. The first-order valence-electron chi connectivity index (χ1n) is 6.03. The second-order valence-electron chi connectivity index (χ2n) is 4.84. The number of amides is 2. The monoisotopic (exact) mass is 236 g/mol. The zero-order valence-corrected chi connectivity index (χ0v) is 9.45. The molecule has 3 heterocycles. The summed E-state index contributed by atoms with van der Waals surface area (Å²) in [6.45, 7) is 1.80. The van der Waals surface area contributed by atoms with E-state index in [1.54, 1.807) is 0 Å². The van der Waals surface area contributed by atoms with Gasteiger partial charge in [-0.25, -0.2) is 0 Å². The van der Waals surface area contributed by atoms with Gasteiger partial charge in [-0.2, -0.15) is 0 Å². The number of carbonyl (C=O) groups excluding carboxylic acids is 2. The van der Waals surface area contributed by atoms with E-state index in [0.29, 0.717) is 17.5 Å². The van der Waals surface area contributed by atoms with Crippen molar-refractivity contribution in [2.45, 2.75) is 24.9 Å². The SMILES string of the molecule is O=C1C=C(C2CCC3CNNCC3N2)C(=O)N1. The average molecular weight is 236 g/mol. The molecular weight excluding hydrogens is 220 g/mol. The number of hydrogen-bond donors (Lipinski definition) is 4. The highest BCUT2D eigenvalue weighted by molar-refractivity contribution is 6.16. The van der Waals surface area contributed by atoms with Gasteiger partial charge in [0.2, 0.25) is 0 Å². The van der Waals surface area contributed by atoms with Gasteiger partial charge in [0.05, 0.1) is 0 Å². The molecule has 92 valence electrons. The summed E-state index contributed by atoms with van der Waals surface area (Å²) >= 11 is 0. The fourth-order valence-electron chi connectivity index (χ4n) is 2.85. The molecule has 17 heavy (non-hydrogen) atoms. The molecule has 3 atom stereocenters. The molecule has 3 aliphatic heterocycles. The van der Waals surface area contributed by atoms with Gasteiger partial charge in [-0.3, -0.25) is 25.8 Å². The minimum Gasteiger partial charge on any atom is -0.305 e. The standard InChI is InChI=1S/C11H16N4O2/c16-10-3-7(11(17)15-10)8-2-1-6-4-12-13-5-9(6)14-8/h3,6,8-9,12-14H,1-2,4-5H2,(H,15,16,17). The van der Waals surface area contributed by atoms with Crippen molar-refractivity contribution in [3.05, 3.63) is 11.6 Å². The molecule has 6 nitrogen and oxygen atoms in total. The van der Waals surface area contributed by atoms with E-state index in [-0.39, 0.29) is 17.9 Å². The van der Waals surface area contributed by atoms with Crippen LogP contribution >= 0.6 is 0 Å². The van der Waals surface area contributed by atoms with E-state index in [1.807, 2.05) is 0 Å². The number of piperidine rings is 1. The predicted molar refractivity (Wildman–Crippen MR) is 60.7 cm³/mol. The van der Waals surface area contributed by atoms with Crippen molar-refractivity contribution in [2.24, 2.45) is 5.92 Å². The van der Waals surface area contributed by atoms with Crippen molar-refractivity contribution < 1.29 is 9.59 Å². The van der Waals surface area contributed by atoms with Crippen LogP contribution in [0.25, 0.3) is 0 Å². The molecule has 3 aliphatic rings. The van der Waals surface area contributed by atoms with Gasteiger partial charge in [-0.1, -0.05) is 0 Å². The van der Waals surface area contributed by atoms with E-state index in [0.717, 1.165) is 25.9 Å². The van der Waals surface area contributed by atoms with Crippen LogP contribution in [0.1, 0.15) is 12.8 Å². The van der Waals surface area contributed by atoms with Crippen LogP contribution in [0.5, 0.6) is 0 Å². The van der Waals surface area contributed by atoms with Crippen molar-refractivity contribution in [3.8, 4) is 0 Å². The van der Waals surface area contributed by atoms with Crippen LogP contribution in [0, 0.1) is 5.92 Å². The van der Waals surface area contributed by atoms with E-state index in [4.69, 9.17) is 0 Å². The highest BCUT2D eigenvalue weighted by atomic mass is 16.2. The zero-order valence-electron chi connectivity index (χ0n) is 9.45. The van der Waals surface area contributed by atoms with Crippen LogP contribution in [0.15, 0.2) is 11.6 Å². The van der Waals surface area contributed by atoms with E-state index < -0.39 is 0 Å². The Bertz CT molecular complexity index is 393. The molecule has 2 saturated heterocycles. The Morgan fingerprint density at radius 2 is 1.94 bits per heavy atom. The first kappa shape index (κ1) is 10.9. The largest absolute Gasteiger partial charge is 0.305 e. The minimum atomic E-state index is -0.294. The van der Waals surface area contributed by atoms with Crippen molar-refractivity contribution in [1.29, 1.82) is 0 Å². The Labute approximate surface area is 99.2 Å². The maximum Gasteiger partial charge on any atom is 0.255 e. The summed E-state index contributed by atoms with van der Waals surface area (Å²) in [7, 11) is 0. The van der Waals surface area contributed by atoms with E-state index in [9.17, 15) is 9.59 Å². The number of hydrazine groups is 1. The molecule has 6 heteroatoms. The Kier molecular flexibility index (Phi) is 2.70. The molecule has 3 unspecified atom stereocenters. The second kappa shape index (κ2) is 4.21.